The van der Waals surface area contributed by atoms with Crippen molar-refractivity contribution < 1.29 is 12.4 Å². The Bertz CT molecular complexity index is 1310. The van der Waals surface area contributed by atoms with Crippen molar-refractivity contribution in [1.29, 1.82) is 0 Å². The molecule has 2 heterocycles. The minimum atomic E-state index is -0.353. The number of anilines is 2. The Labute approximate surface area is 210 Å². The number of rotatable bonds is 9. The van der Waals surface area contributed by atoms with Gasteiger partial charge in [0.15, 0.2) is 5.82 Å². The number of hydrogen-bond donors (Lipinski definition) is 3. The average Bonchev–Trinajstić information content (AvgIpc) is 3.19. The van der Waals surface area contributed by atoms with Gasteiger partial charge in [-0.15, -0.1) is 0 Å². The summed E-state index contributed by atoms with van der Waals surface area (Å²) in [5.74, 6) is 1.32. The van der Waals surface area contributed by atoms with Gasteiger partial charge in [0, 0.05) is 34.9 Å². The summed E-state index contributed by atoms with van der Waals surface area (Å²) in [7, 11) is 1.67. The fraction of sp³-hybridized carbons (Fsp3) is 0.292. The number of unbranched alkanes of at least 4 members (excludes halogenated alkanes) is 1. The molecule has 2 amide bonds. The molecule has 2 aromatic carbocycles. The Morgan fingerprint density at radius 2 is 1.88 bits per heavy atom. The molecule has 8 nitrogen and oxygen atoms in total. The predicted molar refractivity (Wildman–Crippen MR) is 142 cm³/mol. The predicted octanol–water partition coefficient (Wildman–Crippen LogP) is 5.76. The van der Waals surface area contributed by atoms with Crippen LogP contribution in [-0.2, 0) is 17.7 Å². The molecule has 34 heavy (non-hydrogen) atoms. The SMILES string of the molecule is COCCc1nc2c(N)nc3ccccc3c2n1CCCCNC(=O)Nc1c(Cl)cccc1Cl.[HH].[HH]. The minimum Gasteiger partial charge on any atom is -0.384 e. The van der Waals surface area contributed by atoms with E-state index in [4.69, 9.17) is 38.7 Å². The van der Waals surface area contributed by atoms with Gasteiger partial charge in [-0.25, -0.2) is 14.8 Å². The van der Waals surface area contributed by atoms with Gasteiger partial charge in [0.2, 0.25) is 0 Å². The number of aromatic nitrogens is 3. The number of pyridine rings is 1. The van der Waals surface area contributed by atoms with Crippen LogP contribution in [0.1, 0.15) is 21.5 Å². The van der Waals surface area contributed by atoms with Crippen LogP contribution in [0.2, 0.25) is 10.0 Å². The van der Waals surface area contributed by atoms with Crippen LogP contribution >= 0.6 is 23.2 Å². The lowest BCUT2D eigenvalue weighted by Crippen LogP contribution is -2.29. The van der Waals surface area contributed by atoms with Gasteiger partial charge >= 0.3 is 6.03 Å². The first-order chi connectivity index (χ1) is 16.5. The zero-order valence-corrected chi connectivity index (χ0v) is 20.3. The molecule has 0 aliphatic carbocycles. The summed E-state index contributed by atoms with van der Waals surface area (Å²) in [4.78, 5) is 21.5. The van der Waals surface area contributed by atoms with E-state index in [-0.39, 0.29) is 8.88 Å². The van der Waals surface area contributed by atoms with Crippen molar-refractivity contribution in [2.45, 2.75) is 25.8 Å². The second kappa shape index (κ2) is 10.9. The van der Waals surface area contributed by atoms with Crippen LogP contribution < -0.4 is 16.4 Å². The number of benzene rings is 2. The molecule has 182 valence electrons. The molecule has 0 spiro atoms. The Morgan fingerprint density at radius 1 is 1.12 bits per heavy atom. The third-order valence-corrected chi connectivity index (χ3v) is 6.14. The highest BCUT2D eigenvalue weighted by Gasteiger charge is 2.17. The molecule has 0 aliphatic rings. The minimum absolute atomic E-state index is 0. The van der Waals surface area contributed by atoms with E-state index in [2.05, 4.69) is 20.2 Å². The van der Waals surface area contributed by atoms with Crippen molar-refractivity contribution in [3.05, 3.63) is 58.3 Å². The molecule has 0 fully saturated rings. The number of halogens is 2. The van der Waals surface area contributed by atoms with Gasteiger partial charge in [-0.2, -0.15) is 0 Å². The zero-order valence-electron chi connectivity index (χ0n) is 18.8. The fourth-order valence-electron chi connectivity index (χ4n) is 3.90. The first-order valence-corrected chi connectivity index (χ1v) is 11.8. The molecule has 0 atom stereocenters. The molecule has 0 aliphatic heterocycles. The monoisotopic (exact) mass is 504 g/mol. The number of methoxy groups -OCH3 is 1. The van der Waals surface area contributed by atoms with Gasteiger partial charge in [-0.3, -0.25) is 0 Å². The number of nitrogens with one attached hydrogen (secondary N) is 2. The molecule has 10 heteroatoms. The van der Waals surface area contributed by atoms with E-state index < -0.39 is 0 Å². The normalized spacial score (nSPS) is 11.3. The van der Waals surface area contributed by atoms with Crippen LogP contribution in [0.3, 0.4) is 0 Å². The number of carbonyl (C=O) groups excluding carboxylic acids is 1. The highest BCUT2D eigenvalue weighted by Crippen LogP contribution is 2.30. The van der Waals surface area contributed by atoms with E-state index in [1.54, 1.807) is 25.3 Å². The topological polar surface area (TPSA) is 107 Å². The average molecular weight is 505 g/mol. The standard InChI is InChI=1S/C24H26Cl2N6O2.2H2/c1-34-14-11-19-30-21-22(15-7-2-3-10-18(15)29-23(21)27)32(19)13-5-4-12-28-24(33)31-20-16(25)8-6-9-17(20)26;;/h2-3,6-10H,4-5,11-14H2,1H3,(H2,27,29)(H2,28,31,33);2*1H. The summed E-state index contributed by atoms with van der Waals surface area (Å²) in [5.41, 5.74) is 9.16. The summed E-state index contributed by atoms with van der Waals surface area (Å²) in [6.45, 7) is 1.78. The van der Waals surface area contributed by atoms with Gasteiger partial charge in [-0.1, -0.05) is 47.5 Å². The van der Waals surface area contributed by atoms with Crippen LogP contribution in [0.15, 0.2) is 42.5 Å². The van der Waals surface area contributed by atoms with E-state index in [9.17, 15) is 4.79 Å². The van der Waals surface area contributed by atoms with Gasteiger partial charge < -0.3 is 25.7 Å². The number of fused-ring (bicyclic) bond motifs is 3. The molecule has 0 radical (unpaired) electrons. The quantitative estimate of drug-likeness (QED) is 0.251. The summed E-state index contributed by atoms with van der Waals surface area (Å²) in [6.07, 6.45) is 2.26. The summed E-state index contributed by atoms with van der Waals surface area (Å²) < 4.78 is 7.47. The molecular formula is C24H30Cl2N6O2. The Morgan fingerprint density at radius 3 is 2.65 bits per heavy atom. The summed E-state index contributed by atoms with van der Waals surface area (Å²) >= 11 is 12.2. The first kappa shape index (κ1) is 24.1. The van der Waals surface area contributed by atoms with Crippen LogP contribution in [0.5, 0.6) is 0 Å². The van der Waals surface area contributed by atoms with E-state index in [1.165, 1.54) is 0 Å². The maximum absolute atomic E-state index is 12.3. The Kier molecular flexibility index (Phi) is 7.72. The number of amides is 2. The van der Waals surface area contributed by atoms with Crippen molar-refractivity contribution in [3.8, 4) is 0 Å². The van der Waals surface area contributed by atoms with Crippen LogP contribution in [-0.4, -0.2) is 40.8 Å². The van der Waals surface area contributed by atoms with Gasteiger partial charge in [0.1, 0.15) is 11.3 Å². The number of nitrogens with two attached hydrogens (primary N) is 1. The van der Waals surface area contributed by atoms with Crippen molar-refractivity contribution in [2.24, 2.45) is 0 Å². The number of carbonyl (C=O) groups is 1. The number of nitrogen functional groups attached to an aromatic ring is 1. The summed E-state index contributed by atoms with van der Waals surface area (Å²) in [6, 6.07) is 12.6. The van der Waals surface area contributed by atoms with E-state index in [0.29, 0.717) is 46.6 Å². The van der Waals surface area contributed by atoms with Gasteiger partial charge in [0.25, 0.3) is 0 Å². The Balaban J connectivity index is 0.00000228. The maximum Gasteiger partial charge on any atom is 0.319 e. The lowest BCUT2D eigenvalue weighted by atomic mass is 10.2. The summed E-state index contributed by atoms with van der Waals surface area (Å²) in [5, 5.41) is 7.34. The molecule has 4 rings (SSSR count). The number of aryl methyl sites for hydroxylation is 1. The first-order valence-electron chi connectivity index (χ1n) is 11.0. The van der Waals surface area contributed by atoms with Crippen LogP contribution in [0, 0.1) is 0 Å². The fourth-order valence-corrected chi connectivity index (χ4v) is 4.39. The van der Waals surface area contributed by atoms with Crippen LogP contribution in [0.25, 0.3) is 21.9 Å². The van der Waals surface area contributed by atoms with Crippen molar-refractivity contribution in [1.82, 2.24) is 19.9 Å². The third kappa shape index (κ3) is 5.19. The number of urea groups is 1. The number of para-hydroxylation sites is 2. The molecular weight excluding hydrogens is 475 g/mol. The third-order valence-electron chi connectivity index (χ3n) is 5.51. The number of imidazole rings is 1. The van der Waals surface area contributed by atoms with E-state index >= 15 is 0 Å². The lowest BCUT2D eigenvalue weighted by molar-refractivity contribution is 0.199. The molecule has 0 saturated heterocycles. The van der Waals surface area contributed by atoms with Crippen molar-refractivity contribution in [3.63, 3.8) is 0 Å². The molecule has 0 bridgehead atoms. The van der Waals surface area contributed by atoms with Gasteiger partial charge in [-0.05, 0) is 31.0 Å². The molecule has 0 saturated carbocycles. The van der Waals surface area contributed by atoms with E-state index in [0.717, 1.165) is 41.6 Å². The molecule has 2 aromatic heterocycles. The number of nitrogens with zero attached hydrogens (tertiary/aromatic N) is 3. The second-order valence-electron chi connectivity index (χ2n) is 7.82. The second-order valence-corrected chi connectivity index (χ2v) is 8.63. The Hall–Kier alpha value is -3.07. The number of hydrogen-bond acceptors (Lipinski definition) is 5. The largest absolute Gasteiger partial charge is 0.384 e. The zero-order chi connectivity index (χ0) is 24.1. The smallest absolute Gasteiger partial charge is 0.319 e. The molecule has 4 N–H and O–H groups in total. The van der Waals surface area contributed by atoms with Crippen molar-refractivity contribution >= 4 is 62.7 Å². The van der Waals surface area contributed by atoms with Crippen molar-refractivity contribution in [2.75, 3.05) is 31.3 Å². The lowest BCUT2D eigenvalue weighted by Gasteiger charge is -2.12. The highest BCUT2D eigenvalue weighted by atomic mass is 35.5. The van der Waals surface area contributed by atoms with Gasteiger partial charge in [0.05, 0.1) is 33.4 Å². The van der Waals surface area contributed by atoms with E-state index in [1.807, 2.05) is 24.3 Å². The highest BCUT2D eigenvalue weighted by molar-refractivity contribution is 6.39. The number of ether oxygens (including phenoxy) is 1. The maximum atomic E-state index is 12.3. The van der Waals surface area contributed by atoms with Crippen LogP contribution in [0.4, 0.5) is 16.3 Å². The molecule has 4 aromatic rings. The molecule has 0 unspecified atom stereocenters.